The summed E-state index contributed by atoms with van der Waals surface area (Å²) in [7, 11) is 0. The van der Waals surface area contributed by atoms with Crippen LogP contribution in [-0.2, 0) is 14.3 Å². The van der Waals surface area contributed by atoms with Crippen LogP contribution < -0.4 is 10.2 Å². The molecule has 2 atom stereocenters. The molecule has 1 aromatic carbocycles. The topological polar surface area (TPSA) is 99.3 Å². The number of likely N-dealkylation sites (tertiary alicyclic amines) is 1. The predicted octanol–water partition coefficient (Wildman–Crippen LogP) is 3.53. The zero-order valence-corrected chi connectivity index (χ0v) is 21.8. The third-order valence-electron chi connectivity index (χ3n) is 7.32. The smallest absolute Gasteiger partial charge is 0.407 e. The van der Waals surface area contributed by atoms with E-state index in [1.54, 1.807) is 15.9 Å². The molecule has 9 nitrogen and oxygen atoms in total. The first-order chi connectivity index (χ1) is 17.0. The van der Waals surface area contributed by atoms with Crippen LogP contribution in [0.5, 0.6) is 0 Å². The molecule has 0 aromatic heterocycles. The van der Waals surface area contributed by atoms with Crippen molar-refractivity contribution in [2.45, 2.75) is 77.5 Å². The molecule has 2 unspecified atom stereocenters. The predicted molar refractivity (Wildman–Crippen MR) is 135 cm³/mol. The normalized spacial score (nSPS) is 23.9. The van der Waals surface area contributed by atoms with Crippen molar-refractivity contribution in [1.82, 2.24) is 15.1 Å². The van der Waals surface area contributed by atoms with Crippen LogP contribution >= 0.6 is 0 Å². The minimum Gasteiger partial charge on any atom is -0.444 e. The average Bonchev–Trinajstić information content (AvgIpc) is 3.14. The van der Waals surface area contributed by atoms with Crippen molar-refractivity contribution in [2.75, 3.05) is 31.1 Å². The molecule has 9 heteroatoms. The molecule has 2 saturated heterocycles. The average molecular weight is 499 g/mol. The summed E-state index contributed by atoms with van der Waals surface area (Å²) < 4.78 is 5.30. The number of para-hydroxylation sites is 1. The van der Waals surface area contributed by atoms with Crippen LogP contribution in [0, 0.1) is 5.92 Å². The number of piperidine rings is 1. The van der Waals surface area contributed by atoms with Crippen molar-refractivity contribution in [3.8, 4) is 0 Å². The van der Waals surface area contributed by atoms with Crippen LogP contribution in [0.3, 0.4) is 0 Å². The van der Waals surface area contributed by atoms with Crippen molar-refractivity contribution in [3.63, 3.8) is 0 Å². The highest BCUT2D eigenvalue weighted by molar-refractivity contribution is 6.10. The number of rotatable bonds is 6. The minimum absolute atomic E-state index is 0.0258. The summed E-state index contributed by atoms with van der Waals surface area (Å²) in [6, 6.07) is 7.26. The van der Waals surface area contributed by atoms with Crippen LogP contribution in [0.25, 0.3) is 0 Å². The van der Waals surface area contributed by atoms with Gasteiger partial charge in [0.25, 0.3) is 5.91 Å². The van der Waals surface area contributed by atoms with E-state index >= 15 is 0 Å². The standard InChI is InChI=1S/C27H38N4O5/c1-26(2,3)36-25(35)28-17-19-9-7-15-29(18-19)22(32)12-8-16-30-24(34)20-10-5-6-11-21(20)31-23(33)13-14-27(30,31)4/h5-6,10-11,19H,7-9,12-18H2,1-4H3,(H,28,35). The SMILES string of the molecule is CC(C)(C)OC(=O)NCC1CCCN(C(=O)CCCN2C(=O)c3ccccc3N3C(=O)CCC23C)C1. The third kappa shape index (κ3) is 5.34. The Morgan fingerprint density at radius 3 is 2.69 bits per heavy atom. The molecule has 0 radical (unpaired) electrons. The van der Waals surface area contributed by atoms with Gasteiger partial charge in [-0.05, 0) is 71.4 Å². The van der Waals surface area contributed by atoms with E-state index in [1.165, 1.54) is 0 Å². The van der Waals surface area contributed by atoms with Gasteiger partial charge in [0.05, 0.1) is 11.3 Å². The molecular formula is C27H38N4O5. The number of hydrogen-bond acceptors (Lipinski definition) is 5. The molecule has 1 N–H and O–H groups in total. The van der Waals surface area contributed by atoms with Crippen molar-refractivity contribution in [3.05, 3.63) is 29.8 Å². The van der Waals surface area contributed by atoms with Crippen LogP contribution in [0.2, 0.25) is 0 Å². The molecular weight excluding hydrogens is 460 g/mol. The highest BCUT2D eigenvalue weighted by Crippen LogP contribution is 2.44. The van der Waals surface area contributed by atoms with Gasteiger partial charge in [0, 0.05) is 39.0 Å². The lowest BCUT2D eigenvalue weighted by molar-refractivity contribution is -0.133. The largest absolute Gasteiger partial charge is 0.444 e. The summed E-state index contributed by atoms with van der Waals surface area (Å²) in [6.07, 6.45) is 3.25. The molecule has 2 fully saturated rings. The molecule has 3 heterocycles. The molecule has 0 bridgehead atoms. The van der Waals surface area contributed by atoms with Gasteiger partial charge in [-0.3, -0.25) is 19.3 Å². The van der Waals surface area contributed by atoms with E-state index in [-0.39, 0.29) is 23.6 Å². The van der Waals surface area contributed by atoms with Crippen LogP contribution in [0.15, 0.2) is 24.3 Å². The zero-order chi connectivity index (χ0) is 26.1. The second kappa shape index (κ2) is 10.1. The summed E-state index contributed by atoms with van der Waals surface area (Å²) in [6.45, 7) is 9.62. The van der Waals surface area contributed by atoms with Crippen molar-refractivity contribution < 1.29 is 23.9 Å². The van der Waals surface area contributed by atoms with Gasteiger partial charge in [-0.2, -0.15) is 0 Å². The molecule has 0 spiro atoms. The Bertz CT molecular complexity index is 1040. The molecule has 4 rings (SSSR count). The number of anilines is 1. The maximum atomic E-state index is 13.4. The number of ether oxygens (including phenoxy) is 1. The number of hydrogen-bond donors (Lipinski definition) is 1. The molecule has 4 amide bonds. The van der Waals surface area contributed by atoms with Crippen molar-refractivity contribution >= 4 is 29.5 Å². The van der Waals surface area contributed by atoms with Gasteiger partial charge in [0.2, 0.25) is 11.8 Å². The molecule has 36 heavy (non-hydrogen) atoms. The second-order valence-corrected chi connectivity index (χ2v) is 11.3. The van der Waals surface area contributed by atoms with E-state index in [0.717, 1.165) is 12.8 Å². The fourth-order valence-corrected chi connectivity index (χ4v) is 5.59. The number of alkyl carbamates (subject to hydrolysis) is 1. The maximum absolute atomic E-state index is 13.4. The van der Waals surface area contributed by atoms with E-state index in [2.05, 4.69) is 5.32 Å². The molecule has 196 valence electrons. The lowest BCUT2D eigenvalue weighted by Crippen LogP contribution is -2.62. The van der Waals surface area contributed by atoms with E-state index in [4.69, 9.17) is 4.74 Å². The summed E-state index contributed by atoms with van der Waals surface area (Å²) >= 11 is 0. The van der Waals surface area contributed by atoms with E-state index < -0.39 is 17.4 Å². The van der Waals surface area contributed by atoms with Crippen LogP contribution in [0.4, 0.5) is 10.5 Å². The first-order valence-electron chi connectivity index (χ1n) is 13.0. The Morgan fingerprint density at radius 1 is 1.19 bits per heavy atom. The Labute approximate surface area is 213 Å². The lowest BCUT2D eigenvalue weighted by atomic mass is 9.97. The number of carbonyl (C=O) groups excluding carboxylic acids is 4. The molecule has 0 aliphatic carbocycles. The fourth-order valence-electron chi connectivity index (χ4n) is 5.59. The van der Waals surface area contributed by atoms with Gasteiger partial charge in [0.15, 0.2) is 0 Å². The molecule has 1 aromatic rings. The quantitative estimate of drug-likeness (QED) is 0.647. The van der Waals surface area contributed by atoms with Gasteiger partial charge in [-0.25, -0.2) is 4.79 Å². The molecule has 0 saturated carbocycles. The number of fused-ring (bicyclic) bond motifs is 3. The van der Waals surface area contributed by atoms with Gasteiger partial charge in [-0.15, -0.1) is 0 Å². The first kappa shape index (κ1) is 26.0. The molecule has 3 aliphatic heterocycles. The van der Waals surface area contributed by atoms with Crippen molar-refractivity contribution in [1.29, 1.82) is 0 Å². The summed E-state index contributed by atoms with van der Waals surface area (Å²) in [5.74, 6) is 0.189. The van der Waals surface area contributed by atoms with Gasteiger partial charge in [-0.1, -0.05) is 12.1 Å². The van der Waals surface area contributed by atoms with Gasteiger partial charge < -0.3 is 19.9 Å². The monoisotopic (exact) mass is 498 g/mol. The zero-order valence-electron chi connectivity index (χ0n) is 21.8. The van der Waals surface area contributed by atoms with Crippen molar-refractivity contribution in [2.24, 2.45) is 5.92 Å². The number of carbonyl (C=O) groups is 4. The highest BCUT2D eigenvalue weighted by Gasteiger charge is 2.52. The number of nitrogens with one attached hydrogen (secondary N) is 1. The highest BCUT2D eigenvalue weighted by atomic mass is 16.6. The van der Waals surface area contributed by atoms with E-state index in [0.29, 0.717) is 63.1 Å². The van der Waals surface area contributed by atoms with E-state index in [1.807, 2.05) is 50.8 Å². The van der Waals surface area contributed by atoms with Crippen LogP contribution in [0.1, 0.15) is 76.6 Å². The summed E-state index contributed by atoms with van der Waals surface area (Å²) in [5, 5.41) is 2.82. The summed E-state index contributed by atoms with van der Waals surface area (Å²) in [4.78, 5) is 56.4. The van der Waals surface area contributed by atoms with E-state index in [9.17, 15) is 19.2 Å². The Morgan fingerprint density at radius 2 is 1.94 bits per heavy atom. The Balaban J connectivity index is 1.31. The fraction of sp³-hybridized carbons (Fsp3) is 0.630. The Hall–Kier alpha value is -3.10. The van der Waals surface area contributed by atoms with Gasteiger partial charge >= 0.3 is 6.09 Å². The lowest BCUT2D eigenvalue weighted by Gasteiger charge is -2.48. The summed E-state index contributed by atoms with van der Waals surface area (Å²) in [5.41, 5.74) is -0.0297. The maximum Gasteiger partial charge on any atom is 0.407 e. The van der Waals surface area contributed by atoms with Gasteiger partial charge in [0.1, 0.15) is 11.3 Å². The van der Waals surface area contributed by atoms with Crippen LogP contribution in [-0.4, -0.2) is 71.1 Å². The number of amides is 4. The number of benzene rings is 1. The minimum atomic E-state index is -0.699. The number of nitrogens with zero attached hydrogens (tertiary/aromatic N) is 3. The third-order valence-corrected chi connectivity index (χ3v) is 7.32. The first-order valence-corrected chi connectivity index (χ1v) is 13.0. The second-order valence-electron chi connectivity index (χ2n) is 11.3. The molecule has 3 aliphatic rings. The Kier molecular flexibility index (Phi) is 7.29.